The summed E-state index contributed by atoms with van der Waals surface area (Å²) in [7, 11) is 0. The van der Waals surface area contributed by atoms with Gasteiger partial charge in [-0.05, 0) is 6.42 Å². The van der Waals surface area contributed by atoms with Crippen molar-refractivity contribution in [2.24, 2.45) is 0 Å². The number of carboxylic acids is 1. The van der Waals surface area contributed by atoms with Crippen LogP contribution in [0.4, 0.5) is 0 Å². The van der Waals surface area contributed by atoms with Gasteiger partial charge in [-0.3, -0.25) is 4.79 Å². The molecule has 1 unspecified atom stereocenters. The number of hydrogen-bond donors (Lipinski definition) is 1. The number of hydrogen-bond acceptors (Lipinski definition) is 5. The molecule has 0 aromatic rings. The summed E-state index contributed by atoms with van der Waals surface area (Å²) in [6, 6.07) is 0. The van der Waals surface area contributed by atoms with Crippen LogP contribution in [-0.2, 0) is 14.3 Å². The van der Waals surface area contributed by atoms with Gasteiger partial charge in [-0.2, -0.15) is 0 Å². The molecule has 70 valence electrons. The number of carboxylic acid groups (broad SMARTS) is 1. The minimum atomic E-state index is -1.31. The third-order valence-corrected chi connectivity index (χ3v) is 1.15. The first-order valence-corrected chi connectivity index (χ1v) is 3.63. The molecule has 12 heavy (non-hydrogen) atoms. The van der Waals surface area contributed by atoms with Gasteiger partial charge in [0.2, 0.25) is 0 Å². The average molecular weight is 175 g/mol. The van der Waals surface area contributed by atoms with E-state index in [0.29, 0.717) is 0 Å². The molecule has 0 aromatic heterocycles. The van der Waals surface area contributed by atoms with E-state index in [4.69, 9.17) is 5.11 Å². The molecule has 0 fully saturated rings. The highest BCUT2D eigenvalue weighted by Crippen LogP contribution is 1.97. The van der Waals surface area contributed by atoms with E-state index in [9.17, 15) is 14.7 Å². The summed E-state index contributed by atoms with van der Waals surface area (Å²) >= 11 is 0. The first-order chi connectivity index (χ1) is 5.56. The fraction of sp³-hybridized carbons (Fsp3) is 0.714. The molecule has 0 bridgehead atoms. The lowest BCUT2D eigenvalue weighted by Crippen LogP contribution is -2.24. The number of carbonyl (C=O) groups is 2. The molecule has 1 atom stereocenters. The zero-order valence-electron chi connectivity index (χ0n) is 6.78. The van der Waals surface area contributed by atoms with Gasteiger partial charge in [-0.25, -0.2) is 0 Å². The van der Waals surface area contributed by atoms with Crippen LogP contribution in [0.5, 0.6) is 0 Å². The lowest BCUT2D eigenvalue weighted by Gasteiger charge is -2.09. The predicted octanol–water partition coefficient (Wildman–Crippen LogP) is -1.21. The molecule has 5 nitrogen and oxygen atoms in total. The summed E-state index contributed by atoms with van der Waals surface area (Å²) in [6.07, 6.45) is -1.50. The Morgan fingerprint density at radius 2 is 2.08 bits per heavy atom. The molecule has 0 amide bonds. The number of rotatable bonds is 5. The van der Waals surface area contributed by atoms with Gasteiger partial charge in [0.1, 0.15) is 0 Å². The van der Waals surface area contributed by atoms with Gasteiger partial charge in [0.25, 0.3) is 0 Å². The minimum absolute atomic E-state index is 0.264. The Morgan fingerprint density at radius 1 is 1.50 bits per heavy atom. The number of aliphatic carboxylic acids is 1. The molecule has 5 heteroatoms. The van der Waals surface area contributed by atoms with Crippen LogP contribution < -0.4 is 5.11 Å². The number of ether oxygens (including phenoxy) is 1. The van der Waals surface area contributed by atoms with Crippen molar-refractivity contribution >= 4 is 11.9 Å². The summed E-state index contributed by atoms with van der Waals surface area (Å²) in [6.45, 7) is 1.64. The molecule has 0 heterocycles. The average Bonchev–Trinajstić information content (AvgIpc) is 2.00. The van der Waals surface area contributed by atoms with Crippen molar-refractivity contribution in [2.75, 3.05) is 0 Å². The van der Waals surface area contributed by atoms with E-state index in [-0.39, 0.29) is 19.3 Å². The third-order valence-electron chi connectivity index (χ3n) is 1.15. The molecule has 0 aliphatic carbocycles. The molecular formula is C7H11O5-. The molecular weight excluding hydrogens is 164 g/mol. The van der Waals surface area contributed by atoms with Crippen LogP contribution in [0.2, 0.25) is 0 Å². The smallest absolute Gasteiger partial charge is 0.308 e. The number of esters is 1. The fourth-order valence-corrected chi connectivity index (χ4v) is 0.498. The summed E-state index contributed by atoms with van der Waals surface area (Å²) in [5, 5.41) is 18.7. The van der Waals surface area contributed by atoms with Crippen molar-refractivity contribution in [3.8, 4) is 0 Å². The van der Waals surface area contributed by atoms with Crippen molar-refractivity contribution in [3.63, 3.8) is 0 Å². The maximum Gasteiger partial charge on any atom is 0.308 e. The van der Waals surface area contributed by atoms with Crippen LogP contribution in [0.25, 0.3) is 0 Å². The predicted molar refractivity (Wildman–Crippen MR) is 36.6 cm³/mol. The van der Waals surface area contributed by atoms with E-state index in [1.165, 1.54) is 0 Å². The topological polar surface area (TPSA) is 86.7 Å². The molecule has 0 aliphatic rings. The van der Waals surface area contributed by atoms with Crippen molar-refractivity contribution < 1.29 is 24.5 Å². The van der Waals surface area contributed by atoms with E-state index in [1.54, 1.807) is 6.92 Å². The number of carbonyl (C=O) groups excluding carboxylic acids is 2. The molecule has 0 aliphatic heterocycles. The Hall–Kier alpha value is -1.10. The van der Waals surface area contributed by atoms with Crippen LogP contribution in [0.1, 0.15) is 26.2 Å². The summed E-state index contributed by atoms with van der Waals surface area (Å²) in [5.41, 5.74) is 0. The Balaban J connectivity index is 3.53. The van der Waals surface area contributed by atoms with Crippen LogP contribution in [0, 0.1) is 0 Å². The maximum absolute atomic E-state index is 10.6. The number of aliphatic hydroxyl groups excluding tert-OH is 1. The maximum atomic E-state index is 10.6. The zero-order chi connectivity index (χ0) is 9.56. The lowest BCUT2D eigenvalue weighted by atomic mass is 10.3. The summed E-state index contributed by atoms with van der Waals surface area (Å²) < 4.78 is 4.38. The van der Waals surface area contributed by atoms with Gasteiger partial charge in [0, 0.05) is 12.4 Å². The van der Waals surface area contributed by atoms with Gasteiger partial charge < -0.3 is 19.7 Å². The Morgan fingerprint density at radius 3 is 2.50 bits per heavy atom. The van der Waals surface area contributed by atoms with Gasteiger partial charge in [-0.15, -0.1) is 0 Å². The molecule has 0 spiro atoms. The number of aliphatic hydroxyl groups is 1. The van der Waals surface area contributed by atoms with Gasteiger partial charge in [0.15, 0.2) is 6.29 Å². The lowest BCUT2D eigenvalue weighted by molar-refractivity contribution is -0.305. The second-order valence-electron chi connectivity index (χ2n) is 2.22. The normalized spacial score (nSPS) is 12.2. The van der Waals surface area contributed by atoms with Crippen LogP contribution in [0.3, 0.4) is 0 Å². The van der Waals surface area contributed by atoms with Gasteiger partial charge in [0.05, 0.1) is 6.42 Å². The molecule has 0 rings (SSSR count). The van der Waals surface area contributed by atoms with E-state index in [2.05, 4.69) is 4.74 Å². The highest BCUT2D eigenvalue weighted by atomic mass is 16.6. The van der Waals surface area contributed by atoms with E-state index >= 15 is 0 Å². The molecule has 0 radical (unpaired) electrons. The van der Waals surface area contributed by atoms with Crippen LogP contribution in [-0.4, -0.2) is 23.3 Å². The van der Waals surface area contributed by atoms with Gasteiger partial charge >= 0.3 is 5.97 Å². The monoisotopic (exact) mass is 175 g/mol. The van der Waals surface area contributed by atoms with Crippen molar-refractivity contribution in [1.82, 2.24) is 0 Å². The minimum Gasteiger partial charge on any atom is -0.550 e. The SMILES string of the molecule is CCC(O)OC(=O)CCC(=O)[O-]. The van der Waals surface area contributed by atoms with Crippen LogP contribution in [0.15, 0.2) is 0 Å². The highest BCUT2D eigenvalue weighted by molar-refractivity contribution is 5.75. The molecule has 0 aromatic carbocycles. The Kier molecular flexibility index (Phi) is 5.03. The quantitative estimate of drug-likeness (QED) is 0.418. The second-order valence-corrected chi connectivity index (χ2v) is 2.22. The van der Waals surface area contributed by atoms with E-state index in [0.717, 1.165) is 0 Å². The van der Waals surface area contributed by atoms with E-state index in [1.807, 2.05) is 0 Å². The Bertz CT molecular complexity index is 165. The van der Waals surface area contributed by atoms with Crippen LogP contribution >= 0.6 is 0 Å². The standard InChI is InChI=1S/C7H12O5/c1-2-6(10)12-7(11)4-3-5(8)9/h6,10H,2-4H2,1H3,(H,8,9)/p-1. The van der Waals surface area contributed by atoms with E-state index < -0.39 is 18.2 Å². The molecule has 0 saturated carbocycles. The van der Waals surface area contributed by atoms with Crippen molar-refractivity contribution in [2.45, 2.75) is 32.5 Å². The van der Waals surface area contributed by atoms with Gasteiger partial charge in [-0.1, -0.05) is 6.92 Å². The second kappa shape index (κ2) is 5.54. The fourth-order valence-electron chi connectivity index (χ4n) is 0.498. The largest absolute Gasteiger partial charge is 0.550 e. The van der Waals surface area contributed by atoms with Crippen molar-refractivity contribution in [3.05, 3.63) is 0 Å². The van der Waals surface area contributed by atoms with Crippen molar-refractivity contribution in [1.29, 1.82) is 0 Å². The Labute approximate surface area is 70.0 Å². The molecule has 1 N–H and O–H groups in total. The first-order valence-electron chi connectivity index (χ1n) is 3.63. The summed E-state index contributed by atoms with van der Waals surface area (Å²) in [4.78, 5) is 20.5. The summed E-state index contributed by atoms with van der Waals surface area (Å²) in [5.74, 6) is -2.04. The first kappa shape index (κ1) is 10.9. The third kappa shape index (κ3) is 5.67. The molecule has 0 saturated heterocycles. The highest BCUT2D eigenvalue weighted by Gasteiger charge is 2.07. The zero-order valence-corrected chi connectivity index (χ0v) is 6.78.